The van der Waals surface area contributed by atoms with Crippen LogP contribution in [0, 0.1) is 0 Å². The summed E-state index contributed by atoms with van der Waals surface area (Å²) >= 11 is 0. The molecule has 0 radical (unpaired) electrons. The van der Waals surface area contributed by atoms with E-state index in [0.717, 1.165) is 51.2 Å². The highest BCUT2D eigenvalue weighted by Crippen LogP contribution is 2.30. The van der Waals surface area contributed by atoms with Crippen molar-refractivity contribution in [2.24, 2.45) is 7.05 Å². The Kier molecular flexibility index (Phi) is 6.38. The number of para-hydroxylation sites is 2. The molecular formula is C27H34N4O2. The second-order valence-corrected chi connectivity index (χ2v) is 9.41. The molecule has 3 aromatic rings. The number of rotatable bonds is 6. The predicted octanol–water partition coefficient (Wildman–Crippen LogP) is 3.41. The molecule has 2 aliphatic rings. The fourth-order valence-electron chi connectivity index (χ4n) is 5.63. The van der Waals surface area contributed by atoms with Crippen molar-refractivity contribution in [1.29, 1.82) is 0 Å². The summed E-state index contributed by atoms with van der Waals surface area (Å²) in [5, 5.41) is 4.22. The number of carbonyl (C=O) groups is 1. The number of piperidine rings is 1. The molecule has 0 aliphatic carbocycles. The average Bonchev–Trinajstić information content (AvgIpc) is 3.41. The molecule has 1 amide bonds. The Bertz CT molecular complexity index is 1090. The van der Waals surface area contributed by atoms with Gasteiger partial charge in [-0.3, -0.25) is 14.6 Å². The van der Waals surface area contributed by atoms with E-state index in [4.69, 9.17) is 4.74 Å². The van der Waals surface area contributed by atoms with Gasteiger partial charge in [-0.15, -0.1) is 0 Å². The van der Waals surface area contributed by atoms with Gasteiger partial charge in [-0.05, 0) is 49.7 Å². The standard InChI is InChI=1S/C27H34N4O2/c1-28-27(32)26-16-23(33-22-8-4-3-5-9-22)19-31(26)21-12-14-30(15-13-21)18-20-17-29(2)25-11-7-6-10-24(20)25/h3-11,17,21,23,26H,12-16,18-19H2,1-2H3,(H,28,32)/t23-,26-/m0/s1. The lowest BCUT2D eigenvalue weighted by Gasteiger charge is -2.38. The maximum Gasteiger partial charge on any atom is 0.237 e. The van der Waals surface area contributed by atoms with Crippen molar-refractivity contribution < 1.29 is 9.53 Å². The highest BCUT2D eigenvalue weighted by molar-refractivity contribution is 5.84. The number of hydrogen-bond acceptors (Lipinski definition) is 4. The van der Waals surface area contributed by atoms with E-state index in [9.17, 15) is 4.79 Å². The molecule has 1 aromatic heterocycles. The van der Waals surface area contributed by atoms with E-state index in [0.29, 0.717) is 6.04 Å². The molecule has 2 aromatic carbocycles. The van der Waals surface area contributed by atoms with Gasteiger partial charge in [0.15, 0.2) is 0 Å². The van der Waals surface area contributed by atoms with Crippen LogP contribution in [0.3, 0.4) is 0 Å². The number of likely N-dealkylation sites (tertiary alicyclic amines) is 2. The molecular weight excluding hydrogens is 412 g/mol. The van der Waals surface area contributed by atoms with Crippen LogP contribution in [0.1, 0.15) is 24.8 Å². The predicted molar refractivity (Wildman–Crippen MR) is 131 cm³/mol. The Hall–Kier alpha value is -2.83. The van der Waals surface area contributed by atoms with Gasteiger partial charge in [0, 0.05) is 56.7 Å². The number of carbonyl (C=O) groups excluding carboxylic acids is 1. The number of aromatic nitrogens is 1. The largest absolute Gasteiger partial charge is 0.489 e. The normalized spacial score (nSPS) is 22.6. The van der Waals surface area contributed by atoms with Crippen LogP contribution in [0.5, 0.6) is 5.75 Å². The number of ether oxygens (including phenoxy) is 1. The van der Waals surface area contributed by atoms with E-state index in [2.05, 4.69) is 57.2 Å². The van der Waals surface area contributed by atoms with Crippen molar-refractivity contribution in [1.82, 2.24) is 19.7 Å². The SMILES string of the molecule is CNC(=O)[C@@H]1C[C@H](Oc2ccccc2)CN1C1CCN(Cc2cn(C)c3ccccc23)CC1. The molecule has 0 bridgehead atoms. The lowest BCUT2D eigenvalue weighted by Crippen LogP contribution is -2.50. The highest BCUT2D eigenvalue weighted by Gasteiger charge is 2.41. The third-order valence-electron chi connectivity index (χ3n) is 7.30. The molecule has 6 nitrogen and oxygen atoms in total. The molecule has 2 fully saturated rings. The van der Waals surface area contributed by atoms with Gasteiger partial charge in [-0.25, -0.2) is 0 Å². The van der Waals surface area contributed by atoms with Gasteiger partial charge >= 0.3 is 0 Å². The number of benzene rings is 2. The molecule has 5 rings (SSSR count). The Morgan fingerprint density at radius 2 is 1.79 bits per heavy atom. The van der Waals surface area contributed by atoms with E-state index >= 15 is 0 Å². The van der Waals surface area contributed by atoms with Crippen molar-refractivity contribution in [2.75, 3.05) is 26.7 Å². The maximum atomic E-state index is 12.7. The number of aryl methyl sites for hydroxylation is 1. The van der Waals surface area contributed by atoms with E-state index in [-0.39, 0.29) is 18.1 Å². The average molecular weight is 447 g/mol. The summed E-state index contributed by atoms with van der Waals surface area (Å²) < 4.78 is 8.45. The molecule has 2 saturated heterocycles. The number of nitrogens with one attached hydrogen (secondary N) is 1. The second kappa shape index (κ2) is 9.57. The summed E-state index contributed by atoms with van der Waals surface area (Å²) in [7, 11) is 3.86. The van der Waals surface area contributed by atoms with Gasteiger partial charge in [0.05, 0.1) is 6.04 Å². The molecule has 2 atom stereocenters. The van der Waals surface area contributed by atoms with Gasteiger partial charge in [0.1, 0.15) is 11.9 Å². The Morgan fingerprint density at radius 1 is 1.06 bits per heavy atom. The summed E-state index contributed by atoms with van der Waals surface area (Å²) in [5.74, 6) is 0.984. The quantitative estimate of drug-likeness (QED) is 0.631. The van der Waals surface area contributed by atoms with E-state index in [1.165, 1.54) is 16.5 Å². The fraction of sp³-hybridized carbons (Fsp3) is 0.444. The van der Waals surface area contributed by atoms with Gasteiger partial charge in [-0.1, -0.05) is 36.4 Å². The molecule has 0 saturated carbocycles. The first-order chi connectivity index (χ1) is 16.1. The minimum Gasteiger partial charge on any atom is -0.489 e. The van der Waals surface area contributed by atoms with Crippen LogP contribution < -0.4 is 10.1 Å². The van der Waals surface area contributed by atoms with Crippen LogP contribution in [-0.2, 0) is 18.4 Å². The maximum absolute atomic E-state index is 12.7. The van der Waals surface area contributed by atoms with E-state index < -0.39 is 0 Å². The summed E-state index contributed by atoms with van der Waals surface area (Å²) in [6, 6.07) is 18.9. The lowest BCUT2D eigenvalue weighted by molar-refractivity contribution is -0.126. The topological polar surface area (TPSA) is 49.7 Å². The van der Waals surface area contributed by atoms with Crippen molar-refractivity contribution in [3.8, 4) is 5.75 Å². The minimum atomic E-state index is -0.113. The fourth-order valence-corrected chi connectivity index (χ4v) is 5.63. The zero-order valence-electron chi connectivity index (χ0n) is 19.6. The van der Waals surface area contributed by atoms with Gasteiger partial charge in [0.25, 0.3) is 0 Å². The number of nitrogens with zero attached hydrogens (tertiary/aromatic N) is 3. The van der Waals surface area contributed by atoms with Crippen LogP contribution in [-0.4, -0.2) is 65.1 Å². The lowest BCUT2D eigenvalue weighted by atomic mass is 10.0. The van der Waals surface area contributed by atoms with Crippen molar-refractivity contribution in [3.05, 3.63) is 66.4 Å². The number of likely N-dealkylation sites (N-methyl/N-ethyl adjacent to an activating group) is 1. The molecule has 3 heterocycles. The first-order valence-electron chi connectivity index (χ1n) is 12.1. The third kappa shape index (κ3) is 4.63. The van der Waals surface area contributed by atoms with E-state index in [1.54, 1.807) is 7.05 Å². The van der Waals surface area contributed by atoms with Crippen LogP contribution in [0.25, 0.3) is 10.9 Å². The van der Waals surface area contributed by atoms with Gasteiger partial charge in [0.2, 0.25) is 5.91 Å². The highest BCUT2D eigenvalue weighted by atomic mass is 16.5. The first kappa shape index (κ1) is 22.0. The summed E-state index contributed by atoms with van der Waals surface area (Å²) in [6.45, 7) is 3.89. The van der Waals surface area contributed by atoms with Crippen molar-refractivity contribution >= 4 is 16.8 Å². The molecule has 6 heteroatoms. The summed E-state index contributed by atoms with van der Waals surface area (Å²) in [4.78, 5) is 17.6. The first-order valence-corrected chi connectivity index (χ1v) is 12.1. The molecule has 174 valence electrons. The Balaban J connectivity index is 1.22. The van der Waals surface area contributed by atoms with Gasteiger partial charge in [-0.2, -0.15) is 0 Å². The summed E-state index contributed by atoms with van der Waals surface area (Å²) in [5.41, 5.74) is 2.68. The monoisotopic (exact) mass is 446 g/mol. The number of hydrogen-bond donors (Lipinski definition) is 1. The second-order valence-electron chi connectivity index (χ2n) is 9.41. The number of fused-ring (bicyclic) bond motifs is 1. The zero-order valence-corrected chi connectivity index (χ0v) is 19.6. The van der Waals surface area contributed by atoms with Crippen LogP contribution >= 0.6 is 0 Å². The smallest absolute Gasteiger partial charge is 0.237 e. The van der Waals surface area contributed by atoms with E-state index in [1.807, 2.05) is 30.3 Å². The Morgan fingerprint density at radius 3 is 2.55 bits per heavy atom. The number of amides is 1. The molecule has 2 aliphatic heterocycles. The summed E-state index contributed by atoms with van der Waals surface area (Å²) in [6.07, 6.45) is 5.21. The molecule has 0 unspecified atom stereocenters. The van der Waals surface area contributed by atoms with Gasteiger partial charge < -0.3 is 14.6 Å². The Labute approximate surface area is 196 Å². The van der Waals surface area contributed by atoms with Crippen molar-refractivity contribution in [3.63, 3.8) is 0 Å². The zero-order chi connectivity index (χ0) is 22.8. The van der Waals surface area contributed by atoms with Crippen molar-refractivity contribution in [2.45, 2.75) is 44.0 Å². The molecule has 0 spiro atoms. The molecule has 33 heavy (non-hydrogen) atoms. The molecule has 1 N–H and O–H groups in total. The minimum absolute atomic E-state index is 0.0448. The van der Waals surface area contributed by atoms with Crippen LogP contribution in [0.15, 0.2) is 60.8 Å². The third-order valence-corrected chi connectivity index (χ3v) is 7.30. The van der Waals surface area contributed by atoms with Crippen LogP contribution in [0.4, 0.5) is 0 Å². The van der Waals surface area contributed by atoms with Crippen LogP contribution in [0.2, 0.25) is 0 Å².